The van der Waals surface area contributed by atoms with Crippen LogP contribution in [0.5, 0.6) is 0 Å². The number of carboxylic acids is 1. The summed E-state index contributed by atoms with van der Waals surface area (Å²) in [5.74, 6) is -1.02. The fourth-order valence-corrected chi connectivity index (χ4v) is 2.27. The highest BCUT2D eigenvalue weighted by Crippen LogP contribution is 2.17. The Balaban J connectivity index is 1.87. The van der Waals surface area contributed by atoms with Gasteiger partial charge in [-0.2, -0.15) is 0 Å². The topological polar surface area (TPSA) is 92.9 Å². The Morgan fingerprint density at radius 2 is 2.05 bits per heavy atom. The SMILES string of the molecule is Nc1cccc(C(=O)N2CCC(OCC(=O)O)CC2)c1. The molecule has 2 rings (SSSR count). The second-order valence-corrected chi connectivity index (χ2v) is 4.82. The van der Waals surface area contributed by atoms with Crippen LogP contribution < -0.4 is 5.73 Å². The van der Waals surface area contributed by atoms with Crippen molar-refractivity contribution in [2.24, 2.45) is 0 Å². The third-order valence-electron chi connectivity index (χ3n) is 3.31. The van der Waals surface area contributed by atoms with Crippen LogP contribution in [0.3, 0.4) is 0 Å². The van der Waals surface area contributed by atoms with Crippen LogP contribution in [-0.4, -0.2) is 47.7 Å². The van der Waals surface area contributed by atoms with Gasteiger partial charge in [-0.15, -0.1) is 0 Å². The first-order valence-corrected chi connectivity index (χ1v) is 6.54. The Kier molecular flexibility index (Phi) is 4.57. The van der Waals surface area contributed by atoms with Crippen LogP contribution in [-0.2, 0) is 9.53 Å². The van der Waals surface area contributed by atoms with Crippen LogP contribution in [0.2, 0.25) is 0 Å². The van der Waals surface area contributed by atoms with Gasteiger partial charge in [0, 0.05) is 24.3 Å². The molecule has 20 heavy (non-hydrogen) atoms. The number of rotatable bonds is 4. The highest BCUT2D eigenvalue weighted by atomic mass is 16.5. The van der Waals surface area contributed by atoms with Gasteiger partial charge in [0.25, 0.3) is 5.91 Å². The number of anilines is 1. The van der Waals surface area contributed by atoms with Gasteiger partial charge in [0.2, 0.25) is 0 Å². The van der Waals surface area contributed by atoms with Gasteiger partial charge >= 0.3 is 5.97 Å². The monoisotopic (exact) mass is 278 g/mol. The third kappa shape index (κ3) is 3.71. The van der Waals surface area contributed by atoms with Crippen LogP contribution in [0.25, 0.3) is 0 Å². The number of carboxylic acid groups (broad SMARTS) is 1. The molecule has 1 fully saturated rings. The molecule has 1 aliphatic rings. The molecule has 108 valence electrons. The number of carbonyl (C=O) groups is 2. The molecule has 1 aromatic carbocycles. The van der Waals surface area contributed by atoms with Crippen LogP contribution in [0, 0.1) is 0 Å². The molecule has 1 amide bonds. The van der Waals surface area contributed by atoms with E-state index in [-0.39, 0.29) is 18.6 Å². The molecule has 6 heteroatoms. The molecule has 0 radical (unpaired) electrons. The number of nitrogen functional groups attached to an aromatic ring is 1. The average Bonchev–Trinajstić information content (AvgIpc) is 2.45. The molecule has 0 aromatic heterocycles. The van der Waals surface area contributed by atoms with Gasteiger partial charge < -0.3 is 20.5 Å². The van der Waals surface area contributed by atoms with Crippen molar-refractivity contribution < 1.29 is 19.4 Å². The van der Waals surface area contributed by atoms with Gasteiger partial charge in [-0.25, -0.2) is 4.79 Å². The Bertz CT molecular complexity index is 496. The van der Waals surface area contributed by atoms with Crippen molar-refractivity contribution >= 4 is 17.6 Å². The molecule has 0 bridgehead atoms. The number of amides is 1. The number of nitrogens with two attached hydrogens (primary N) is 1. The fourth-order valence-electron chi connectivity index (χ4n) is 2.27. The second kappa shape index (κ2) is 6.38. The van der Waals surface area contributed by atoms with E-state index in [1.807, 2.05) is 0 Å². The molecule has 6 nitrogen and oxygen atoms in total. The Labute approximate surface area is 117 Å². The van der Waals surface area contributed by atoms with Gasteiger partial charge in [0.05, 0.1) is 6.10 Å². The molecular formula is C14H18N2O4. The summed E-state index contributed by atoms with van der Waals surface area (Å²) in [5, 5.41) is 8.56. The molecular weight excluding hydrogens is 260 g/mol. The molecule has 0 saturated carbocycles. The first-order valence-electron chi connectivity index (χ1n) is 6.54. The van der Waals surface area contributed by atoms with Crippen molar-refractivity contribution in [3.63, 3.8) is 0 Å². The first kappa shape index (κ1) is 14.3. The fraction of sp³-hybridized carbons (Fsp3) is 0.429. The minimum absolute atomic E-state index is 0.0472. The smallest absolute Gasteiger partial charge is 0.329 e. The number of hydrogen-bond donors (Lipinski definition) is 2. The molecule has 1 aromatic rings. The van der Waals surface area contributed by atoms with E-state index in [4.69, 9.17) is 15.6 Å². The average molecular weight is 278 g/mol. The van der Waals surface area contributed by atoms with Crippen LogP contribution in [0.4, 0.5) is 5.69 Å². The largest absolute Gasteiger partial charge is 0.480 e. The summed E-state index contributed by atoms with van der Waals surface area (Å²) >= 11 is 0. The lowest BCUT2D eigenvalue weighted by Gasteiger charge is -2.31. The molecule has 1 aliphatic heterocycles. The number of benzene rings is 1. The maximum Gasteiger partial charge on any atom is 0.329 e. The highest BCUT2D eigenvalue weighted by molar-refractivity contribution is 5.95. The van der Waals surface area contributed by atoms with Crippen LogP contribution >= 0.6 is 0 Å². The van der Waals surface area contributed by atoms with Gasteiger partial charge in [-0.05, 0) is 31.0 Å². The van der Waals surface area contributed by atoms with Crippen molar-refractivity contribution in [2.45, 2.75) is 18.9 Å². The van der Waals surface area contributed by atoms with Crippen molar-refractivity contribution in [1.29, 1.82) is 0 Å². The number of piperidine rings is 1. The Hall–Kier alpha value is -2.08. The van der Waals surface area contributed by atoms with Crippen molar-refractivity contribution in [3.8, 4) is 0 Å². The van der Waals surface area contributed by atoms with Gasteiger partial charge in [0.1, 0.15) is 6.61 Å². The summed E-state index contributed by atoms with van der Waals surface area (Å²) in [5.41, 5.74) is 6.81. The predicted molar refractivity (Wildman–Crippen MR) is 73.4 cm³/mol. The minimum atomic E-state index is -0.969. The van der Waals surface area contributed by atoms with E-state index in [1.165, 1.54) is 0 Å². The van der Waals surface area contributed by atoms with Crippen molar-refractivity contribution in [2.75, 3.05) is 25.4 Å². The first-order chi connectivity index (χ1) is 9.56. The van der Waals surface area contributed by atoms with Crippen LogP contribution in [0.1, 0.15) is 23.2 Å². The van der Waals surface area contributed by atoms with Gasteiger partial charge in [0.15, 0.2) is 0 Å². The lowest BCUT2D eigenvalue weighted by molar-refractivity contribution is -0.145. The molecule has 1 heterocycles. The van der Waals surface area contributed by atoms with E-state index < -0.39 is 5.97 Å². The second-order valence-electron chi connectivity index (χ2n) is 4.82. The lowest BCUT2D eigenvalue weighted by Crippen LogP contribution is -2.41. The lowest BCUT2D eigenvalue weighted by atomic mass is 10.1. The number of likely N-dealkylation sites (tertiary alicyclic amines) is 1. The van der Waals surface area contributed by atoms with E-state index >= 15 is 0 Å². The van der Waals surface area contributed by atoms with Gasteiger partial charge in [-0.1, -0.05) is 6.07 Å². The summed E-state index contributed by atoms with van der Waals surface area (Å²) in [6.45, 7) is 0.851. The maximum atomic E-state index is 12.3. The van der Waals surface area contributed by atoms with E-state index in [1.54, 1.807) is 29.2 Å². The molecule has 0 aliphatic carbocycles. The summed E-state index contributed by atoms with van der Waals surface area (Å²) in [6, 6.07) is 6.90. The number of hydrogen-bond acceptors (Lipinski definition) is 4. The zero-order valence-electron chi connectivity index (χ0n) is 11.1. The van der Waals surface area contributed by atoms with E-state index in [9.17, 15) is 9.59 Å². The summed E-state index contributed by atoms with van der Waals surface area (Å²) in [6.07, 6.45) is 1.22. The molecule has 1 saturated heterocycles. The predicted octanol–water partition coefficient (Wildman–Crippen LogP) is 0.975. The third-order valence-corrected chi connectivity index (χ3v) is 3.31. The molecule has 0 atom stereocenters. The number of ether oxygens (including phenoxy) is 1. The van der Waals surface area contributed by atoms with Crippen LogP contribution in [0.15, 0.2) is 24.3 Å². The minimum Gasteiger partial charge on any atom is -0.480 e. The number of carbonyl (C=O) groups excluding carboxylic acids is 1. The quantitative estimate of drug-likeness (QED) is 0.801. The zero-order valence-corrected chi connectivity index (χ0v) is 11.1. The number of aliphatic carboxylic acids is 1. The molecule has 0 spiro atoms. The zero-order chi connectivity index (χ0) is 14.5. The summed E-state index contributed by atoms with van der Waals surface area (Å²) in [7, 11) is 0. The molecule has 0 unspecified atom stereocenters. The summed E-state index contributed by atoms with van der Waals surface area (Å²) < 4.78 is 5.24. The Morgan fingerprint density at radius 3 is 2.65 bits per heavy atom. The van der Waals surface area contributed by atoms with Crippen molar-refractivity contribution in [3.05, 3.63) is 29.8 Å². The molecule has 3 N–H and O–H groups in total. The summed E-state index contributed by atoms with van der Waals surface area (Å²) in [4.78, 5) is 24.4. The standard InChI is InChI=1S/C14H18N2O4/c15-11-3-1-2-10(8-11)14(19)16-6-4-12(5-7-16)20-9-13(17)18/h1-3,8,12H,4-7,9,15H2,(H,17,18). The van der Waals surface area contributed by atoms with E-state index in [0.717, 1.165) is 0 Å². The maximum absolute atomic E-state index is 12.3. The van der Waals surface area contributed by atoms with E-state index in [0.29, 0.717) is 37.2 Å². The number of nitrogens with zero attached hydrogens (tertiary/aromatic N) is 1. The Morgan fingerprint density at radius 1 is 1.35 bits per heavy atom. The van der Waals surface area contributed by atoms with Crippen molar-refractivity contribution in [1.82, 2.24) is 4.90 Å². The normalized spacial score (nSPS) is 16.1. The highest BCUT2D eigenvalue weighted by Gasteiger charge is 2.24. The van der Waals surface area contributed by atoms with Gasteiger partial charge in [-0.3, -0.25) is 4.79 Å². The van der Waals surface area contributed by atoms with E-state index in [2.05, 4.69) is 0 Å².